The molecule has 1 amide bonds. The number of aliphatic hydroxyl groups is 1. The van der Waals surface area contributed by atoms with Crippen LogP contribution < -0.4 is 4.74 Å². The third kappa shape index (κ3) is 3.40. The van der Waals surface area contributed by atoms with Gasteiger partial charge in [0.2, 0.25) is 0 Å². The Morgan fingerprint density at radius 1 is 1.07 bits per heavy atom. The molecule has 5 nitrogen and oxygen atoms in total. The predicted octanol–water partition coefficient (Wildman–Crippen LogP) is 4.14. The predicted molar refractivity (Wildman–Crippen MR) is 108 cm³/mol. The number of hydrogen-bond acceptors (Lipinski definition) is 4. The quantitative estimate of drug-likeness (QED) is 0.482. The zero-order valence-electron chi connectivity index (χ0n) is 16.7. The van der Waals surface area contributed by atoms with Crippen molar-refractivity contribution in [2.45, 2.75) is 33.2 Å². The van der Waals surface area contributed by atoms with Gasteiger partial charge in [-0.15, -0.1) is 0 Å². The molecule has 5 heteroatoms. The molecule has 146 valence electrons. The van der Waals surface area contributed by atoms with E-state index in [0.717, 1.165) is 16.7 Å². The number of Topliss-reactive ketones (excluding diaryl/α,β-unsaturated/α-hetero) is 1. The molecular weight excluding hydrogens is 354 g/mol. The number of amides is 1. The Morgan fingerprint density at radius 2 is 1.75 bits per heavy atom. The lowest BCUT2D eigenvalue weighted by Gasteiger charge is -2.25. The van der Waals surface area contributed by atoms with Gasteiger partial charge in [0.1, 0.15) is 11.5 Å². The van der Waals surface area contributed by atoms with E-state index in [2.05, 4.69) is 0 Å². The summed E-state index contributed by atoms with van der Waals surface area (Å²) in [5, 5.41) is 11.0. The molecule has 0 aromatic heterocycles. The molecule has 2 aromatic carbocycles. The average Bonchev–Trinajstić information content (AvgIpc) is 2.95. The van der Waals surface area contributed by atoms with Crippen LogP contribution in [0, 0.1) is 13.8 Å². The lowest BCUT2D eigenvalue weighted by Crippen LogP contribution is -2.30. The van der Waals surface area contributed by atoms with Crippen molar-refractivity contribution in [3.63, 3.8) is 0 Å². The largest absolute Gasteiger partial charge is 0.507 e. The molecule has 0 aliphatic carbocycles. The summed E-state index contributed by atoms with van der Waals surface area (Å²) in [7, 11) is 1.58. The van der Waals surface area contributed by atoms with Gasteiger partial charge in [-0.2, -0.15) is 0 Å². The number of rotatable bonds is 5. The minimum absolute atomic E-state index is 0.131. The van der Waals surface area contributed by atoms with Crippen LogP contribution in [0.5, 0.6) is 5.75 Å². The van der Waals surface area contributed by atoms with E-state index < -0.39 is 17.7 Å². The van der Waals surface area contributed by atoms with E-state index in [1.54, 1.807) is 25.3 Å². The summed E-state index contributed by atoms with van der Waals surface area (Å²) in [5.41, 5.74) is 3.53. The van der Waals surface area contributed by atoms with Gasteiger partial charge < -0.3 is 14.7 Å². The van der Waals surface area contributed by atoms with Crippen molar-refractivity contribution in [1.82, 2.24) is 4.90 Å². The van der Waals surface area contributed by atoms with Gasteiger partial charge in [-0.1, -0.05) is 31.2 Å². The topological polar surface area (TPSA) is 66.8 Å². The van der Waals surface area contributed by atoms with E-state index in [0.29, 0.717) is 24.3 Å². The van der Waals surface area contributed by atoms with Gasteiger partial charge in [-0.25, -0.2) is 0 Å². The highest BCUT2D eigenvalue weighted by Gasteiger charge is 2.45. The first-order valence-electron chi connectivity index (χ1n) is 9.39. The van der Waals surface area contributed by atoms with Crippen molar-refractivity contribution >= 4 is 17.4 Å². The van der Waals surface area contributed by atoms with Crippen molar-refractivity contribution in [2.24, 2.45) is 0 Å². The van der Waals surface area contributed by atoms with Crippen molar-refractivity contribution < 1.29 is 19.4 Å². The Bertz CT molecular complexity index is 944. The first-order chi connectivity index (χ1) is 13.4. The molecule has 2 aromatic rings. The van der Waals surface area contributed by atoms with Crippen molar-refractivity contribution in [3.05, 3.63) is 70.3 Å². The second kappa shape index (κ2) is 7.89. The highest BCUT2D eigenvalue weighted by molar-refractivity contribution is 6.46. The van der Waals surface area contributed by atoms with Crippen LogP contribution in [0.4, 0.5) is 0 Å². The van der Waals surface area contributed by atoms with Crippen LogP contribution in [0.1, 0.15) is 41.6 Å². The number of nitrogens with zero attached hydrogens (tertiary/aromatic N) is 1. The summed E-state index contributed by atoms with van der Waals surface area (Å²) in [5.74, 6) is -0.677. The molecule has 0 radical (unpaired) electrons. The van der Waals surface area contributed by atoms with E-state index in [4.69, 9.17) is 4.74 Å². The number of methoxy groups -OCH3 is 1. The number of carbonyl (C=O) groups excluding carboxylic acids is 2. The summed E-state index contributed by atoms with van der Waals surface area (Å²) >= 11 is 0. The number of benzene rings is 2. The smallest absolute Gasteiger partial charge is 0.295 e. The molecule has 1 aliphatic heterocycles. The van der Waals surface area contributed by atoms with Crippen molar-refractivity contribution in [2.75, 3.05) is 13.7 Å². The first kappa shape index (κ1) is 19.7. The van der Waals surface area contributed by atoms with Crippen molar-refractivity contribution in [1.29, 1.82) is 0 Å². The fourth-order valence-electron chi connectivity index (χ4n) is 3.53. The fourth-order valence-corrected chi connectivity index (χ4v) is 3.53. The summed E-state index contributed by atoms with van der Waals surface area (Å²) in [6.07, 6.45) is 0.712. The van der Waals surface area contributed by atoms with Gasteiger partial charge in [0, 0.05) is 12.1 Å². The fraction of sp³-hybridized carbons (Fsp3) is 0.304. The van der Waals surface area contributed by atoms with E-state index in [-0.39, 0.29) is 11.3 Å². The average molecular weight is 379 g/mol. The Hall–Kier alpha value is -3.08. The lowest BCUT2D eigenvalue weighted by molar-refractivity contribution is -0.139. The van der Waals surface area contributed by atoms with Crippen LogP contribution in [-0.2, 0) is 9.59 Å². The molecule has 1 fully saturated rings. The normalized spacial score (nSPS) is 18.6. The van der Waals surface area contributed by atoms with Crippen LogP contribution in [0.2, 0.25) is 0 Å². The maximum atomic E-state index is 12.8. The number of hydrogen-bond donors (Lipinski definition) is 1. The zero-order valence-corrected chi connectivity index (χ0v) is 16.7. The Kier molecular flexibility index (Phi) is 5.54. The summed E-state index contributed by atoms with van der Waals surface area (Å²) < 4.78 is 5.21. The Labute approximate surface area is 165 Å². The SMILES string of the molecule is CCCN1C(=O)C(=O)/C(=C(\O)c2ccc(C)c(C)c2)C1c1ccc(OC)cc1. The molecule has 1 saturated heterocycles. The second-order valence-corrected chi connectivity index (χ2v) is 7.06. The van der Waals surface area contributed by atoms with Gasteiger partial charge in [0.05, 0.1) is 18.7 Å². The molecule has 1 heterocycles. The van der Waals surface area contributed by atoms with Crippen LogP contribution in [0.15, 0.2) is 48.0 Å². The molecule has 0 saturated carbocycles. The van der Waals surface area contributed by atoms with Gasteiger partial charge >= 0.3 is 0 Å². The zero-order chi connectivity index (χ0) is 20.4. The third-order valence-corrected chi connectivity index (χ3v) is 5.22. The van der Waals surface area contributed by atoms with Crippen molar-refractivity contribution in [3.8, 4) is 5.75 Å². The molecule has 0 spiro atoms. The number of aliphatic hydroxyl groups excluding tert-OH is 1. The van der Waals surface area contributed by atoms with E-state index in [9.17, 15) is 14.7 Å². The number of ether oxygens (including phenoxy) is 1. The second-order valence-electron chi connectivity index (χ2n) is 7.06. The molecule has 1 atom stereocenters. The summed E-state index contributed by atoms with van der Waals surface area (Å²) in [6, 6.07) is 12.1. The van der Waals surface area contributed by atoms with E-state index in [1.165, 1.54) is 4.90 Å². The molecule has 1 unspecified atom stereocenters. The van der Waals surface area contributed by atoms with E-state index >= 15 is 0 Å². The van der Waals surface area contributed by atoms with Crippen LogP contribution >= 0.6 is 0 Å². The lowest BCUT2D eigenvalue weighted by atomic mass is 9.94. The maximum Gasteiger partial charge on any atom is 0.295 e. The number of likely N-dealkylation sites (tertiary alicyclic amines) is 1. The molecule has 0 bridgehead atoms. The van der Waals surface area contributed by atoms with Gasteiger partial charge in [-0.3, -0.25) is 9.59 Å². The summed E-state index contributed by atoms with van der Waals surface area (Å²) in [6.45, 7) is 6.32. The highest BCUT2D eigenvalue weighted by Crippen LogP contribution is 2.40. The number of ketones is 1. The molecular formula is C23H25NO4. The molecule has 3 rings (SSSR count). The van der Waals surface area contributed by atoms with Crippen LogP contribution in [0.25, 0.3) is 5.76 Å². The van der Waals surface area contributed by atoms with Gasteiger partial charge in [-0.05, 0) is 55.2 Å². The number of carbonyl (C=O) groups is 2. The van der Waals surface area contributed by atoms with E-state index in [1.807, 2.05) is 45.0 Å². The maximum absolute atomic E-state index is 12.8. The minimum Gasteiger partial charge on any atom is -0.507 e. The monoisotopic (exact) mass is 379 g/mol. The summed E-state index contributed by atoms with van der Waals surface area (Å²) in [4.78, 5) is 27.0. The van der Waals surface area contributed by atoms with Gasteiger partial charge in [0.25, 0.3) is 11.7 Å². The molecule has 1 N–H and O–H groups in total. The standard InChI is InChI=1S/C23H25NO4/c1-5-12-24-20(16-8-10-18(28-4)11-9-16)19(22(26)23(24)27)21(25)17-7-6-14(2)15(3)13-17/h6-11,13,20,25H,5,12H2,1-4H3/b21-19-. The number of aryl methyl sites for hydroxylation is 2. The Morgan fingerprint density at radius 3 is 2.32 bits per heavy atom. The molecule has 1 aliphatic rings. The van der Waals surface area contributed by atoms with Gasteiger partial charge in [0.15, 0.2) is 0 Å². The van der Waals surface area contributed by atoms with Crippen LogP contribution in [0.3, 0.4) is 0 Å². The first-order valence-corrected chi connectivity index (χ1v) is 9.39. The minimum atomic E-state index is -0.648. The Balaban J connectivity index is 2.17. The molecule has 28 heavy (non-hydrogen) atoms. The third-order valence-electron chi connectivity index (χ3n) is 5.22. The van der Waals surface area contributed by atoms with Crippen LogP contribution in [-0.4, -0.2) is 35.4 Å². The highest BCUT2D eigenvalue weighted by atomic mass is 16.5.